The van der Waals surface area contributed by atoms with Crippen LogP contribution in [0.2, 0.25) is 0 Å². The van der Waals surface area contributed by atoms with Gasteiger partial charge in [0.05, 0.1) is 6.61 Å². The van der Waals surface area contributed by atoms with Gasteiger partial charge in [-0.2, -0.15) is 4.98 Å². The fraction of sp³-hybridized carbons (Fsp3) is 0.733. The molecule has 0 aliphatic heterocycles. The smallest absolute Gasteiger partial charge is 0.226 e. The van der Waals surface area contributed by atoms with Crippen molar-refractivity contribution in [2.75, 3.05) is 31.7 Å². The van der Waals surface area contributed by atoms with Gasteiger partial charge < -0.3 is 14.8 Å². The Labute approximate surface area is 122 Å². The summed E-state index contributed by atoms with van der Waals surface area (Å²) in [6.07, 6.45) is 1.91. The summed E-state index contributed by atoms with van der Waals surface area (Å²) in [6.45, 7) is 11.4. The third-order valence-electron chi connectivity index (χ3n) is 2.48. The van der Waals surface area contributed by atoms with Gasteiger partial charge in [-0.3, -0.25) is 0 Å². The predicted molar refractivity (Wildman–Crippen MR) is 81.3 cm³/mol. The van der Waals surface area contributed by atoms with Crippen LogP contribution >= 0.6 is 0 Å². The fourth-order valence-electron chi connectivity index (χ4n) is 1.59. The molecule has 0 spiro atoms. The van der Waals surface area contributed by atoms with Crippen molar-refractivity contribution in [1.82, 2.24) is 9.97 Å². The number of ether oxygens (including phenoxy) is 2. The highest BCUT2D eigenvalue weighted by Crippen LogP contribution is 2.12. The van der Waals surface area contributed by atoms with Gasteiger partial charge in [-0.05, 0) is 25.7 Å². The minimum Gasteiger partial charge on any atom is -0.478 e. The van der Waals surface area contributed by atoms with E-state index in [2.05, 4.69) is 36.1 Å². The van der Waals surface area contributed by atoms with Crippen molar-refractivity contribution >= 4 is 5.95 Å². The van der Waals surface area contributed by atoms with Gasteiger partial charge in [-0.25, -0.2) is 4.98 Å². The molecule has 0 aliphatic carbocycles. The van der Waals surface area contributed by atoms with Gasteiger partial charge in [0.2, 0.25) is 11.8 Å². The Morgan fingerprint density at radius 3 is 2.75 bits per heavy atom. The van der Waals surface area contributed by atoms with E-state index < -0.39 is 0 Å². The standard InChI is InChI=1S/C15H27N3O2/c1-5-8-20-14-10-13(4)17-15(18-14)16-7-6-9-19-11-12(2)3/h10,12H,5-9,11H2,1-4H3,(H,16,17,18). The molecule has 1 aromatic rings. The van der Waals surface area contributed by atoms with E-state index in [0.29, 0.717) is 24.4 Å². The second-order valence-corrected chi connectivity index (χ2v) is 5.27. The minimum atomic E-state index is 0.585. The van der Waals surface area contributed by atoms with Gasteiger partial charge in [0, 0.05) is 31.5 Å². The maximum atomic E-state index is 5.53. The lowest BCUT2D eigenvalue weighted by Gasteiger charge is -2.09. The van der Waals surface area contributed by atoms with Gasteiger partial charge >= 0.3 is 0 Å². The summed E-state index contributed by atoms with van der Waals surface area (Å²) in [5.74, 6) is 1.85. The second kappa shape index (κ2) is 9.53. The lowest BCUT2D eigenvalue weighted by atomic mass is 10.2. The average molecular weight is 281 g/mol. The number of aryl methyl sites for hydroxylation is 1. The largest absolute Gasteiger partial charge is 0.478 e. The number of anilines is 1. The molecule has 0 radical (unpaired) electrons. The van der Waals surface area contributed by atoms with Crippen LogP contribution in [0.15, 0.2) is 6.07 Å². The van der Waals surface area contributed by atoms with Crippen LogP contribution in [0.3, 0.4) is 0 Å². The third-order valence-corrected chi connectivity index (χ3v) is 2.48. The molecular formula is C15H27N3O2. The van der Waals surface area contributed by atoms with Gasteiger partial charge in [0.15, 0.2) is 0 Å². The molecule has 0 atom stereocenters. The number of nitrogens with one attached hydrogen (secondary N) is 1. The van der Waals surface area contributed by atoms with Crippen molar-refractivity contribution < 1.29 is 9.47 Å². The topological polar surface area (TPSA) is 56.3 Å². The predicted octanol–water partition coefficient (Wildman–Crippen LogP) is 3.05. The summed E-state index contributed by atoms with van der Waals surface area (Å²) in [5, 5.41) is 3.21. The molecule has 5 nitrogen and oxygen atoms in total. The minimum absolute atomic E-state index is 0.585. The Morgan fingerprint density at radius 2 is 2.05 bits per heavy atom. The molecule has 1 N–H and O–H groups in total. The van der Waals surface area contributed by atoms with E-state index in [1.165, 1.54) is 0 Å². The number of aromatic nitrogens is 2. The van der Waals surface area contributed by atoms with Crippen LogP contribution in [0.25, 0.3) is 0 Å². The van der Waals surface area contributed by atoms with Crippen LogP contribution in [0, 0.1) is 12.8 Å². The molecule has 0 saturated heterocycles. The fourth-order valence-corrected chi connectivity index (χ4v) is 1.59. The monoisotopic (exact) mass is 281 g/mol. The van der Waals surface area contributed by atoms with E-state index in [1.54, 1.807) is 0 Å². The van der Waals surface area contributed by atoms with Crippen molar-refractivity contribution in [3.8, 4) is 5.88 Å². The van der Waals surface area contributed by atoms with E-state index >= 15 is 0 Å². The third kappa shape index (κ3) is 7.28. The van der Waals surface area contributed by atoms with Crippen LogP contribution < -0.4 is 10.1 Å². The molecule has 0 unspecified atom stereocenters. The Balaban J connectivity index is 2.30. The summed E-state index contributed by atoms with van der Waals surface area (Å²) >= 11 is 0. The second-order valence-electron chi connectivity index (χ2n) is 5.27. The van der Waals surface area contributed by atoms with Crippen LogP contribution in [-0.2, 0) is 4.74 Å². The van der Waals surface area contributed by atoms with Crippen molar-refractivity contribution in [3.63, 3.8) is 0 Å². The zero-order valence-corrected chi connectivity index (χ0v) is 13.1. The molecule has 1 aromatic heterocycles. The summed E-state index contributed by atoms with van der Waals surface area (Å²) in [7, 11) is 0. The zero-order chi connectivity index (χ0) is 14.8. The van der Waals surface area contributed by atoms with Gasteiger partial charge in [0.1, 0.15) is 0 Å². The molecular weight excluding hydrogens is 254 g/mol. The number of nitrogens with zero attached hydrogens (tertiary/aromatic N) is 2. The van der Waals surface area contributed by atoms with Crippen LogP contribution in [-0.4, -0.2) is 36.3 Å². The van der Waals surface area contributed by atoms with E-state index in [4.69, 9.17) is 9.47 Å². The van der Waals surface area contributed by atoms with E-state index in [9.17, 15) is 0 Å². The SMILES string of the molecule is CCCOc1cc(C)nc(NCCCOCC(C)C)n1. The molecule has 0 aromatic carbocycles. The Bertz CT molecular complexity index is 383. The lowest BCUT2D eigenvalue weighted by molar-refractivity contribution is 0.110. The molecule has 20 heavy (non-hydrogen) atoms. The molecule has 0 amide bonds. The zero-order valence-electron chi connectivity index (χ0n) is 13.1. The van der Waals surface area contributed by atoms with E-state index in [0.717, 1.165) is 38.3 Å². The summed E-state index contributed by atoms with van der Waals surface area (Å²) in [5.41, 5.74) is 0.907. The molecule has 1 heterocycles. The van der Waals surface area contributed by atoms with Crippen molar-refractivity contribution in [3.05, 3.63) is 11.8 Å². The average Bonchev–Trinajstić information content (AvgIpc) is 2.39. The summed E-state index contributed by atoms with van der Waals surface area (Å²) in [4.78, 5) is 8.68. The Morgan fingerprint density at radius 1 is 1.25 bits per heavy atom. The van der Waals surface area contributed by atoms with Crippen molar-refractivity contribution in [2.45, 2.75) is 40.5 Å². The molecule has 1 rings (SSSR count). The first kappa shape index (κ1) is 16.7. The highest BCUT2D eigenvalue weighted by Gasteiger charge is 2.02. The van der Waals surface area contributed by atoms with Crippen molar-refractivity contribution in [2.24, 2.45) is 5.92 Å². The molecule has 114 valence electrons. The first-order valence-electron chi connectivity index (χ1n) is 7.42. The van der Waals surface area contributed by atoms with Crippen molar-refractivity contribution in [1.29, 1.82) is 0 Å². The van der Waals surface area contributed by atoms with E-state index in [1.807, 2.05) is 13.0 Å². The van der Waals surface area contributed by atoms with Crippen LogP contribution in [0.4, 0.5) is 5.95 Å². The number of hydrogen-bond donors (Lipinski definition) is 1. The van der Waals surface area contributed by atoms with Gasteiger partial charge in [-0.1, -0.05) is 20.8 Å². The van der Waals surface area contributed by atoms with E-state index in [-0.39, 0.29) is 0 Å². The molecule has 5 heteroatoms. The number of rotatable bonds is 10. The molecule has 0 bridgehead atoms. The normalized spacial score (nSPS) is 10.8. The van der Waals surface area contributed by atoms with Gasteiger partial charge in [-0.15, -0.1) is 0 Å². The van der Waals surface area contributed by atoms with Crippen LogP contribution in [0.1, 0.15) is 39.3 Å². The maximum Gasteiger partial charge on any atom is 0.226 e. The highest BCUT2D eigenvalue weighted by atomic mass is 16.5. The first-order chi connectivity index (χ1) is 9.61. The lowest BCUT2D eigenvalue weighted by Crippen LogP contribution is -2.11. The molecule has 0 saturated carbocycles. The molecule has 0 fully saturated rings. The summed E-state index contributed by atoms with van der Waals surface area (Å²) < 4.78 is 11.1. The molecule has 0 aliphatic rings. The quantitative estimate of drug-likeness (QED) is 0.668. The van der Waals surface area contributed by atoms with Gasteiger partial charge in [0.25, 0.3) is 0 Å². The first-order valence-corrected chi connectivity index (χ1v) is 7.42. The Hall–Kier alpha value is -1.36. The Kier molecular flexibility index (Phi) is 7.95. The highest BCUT2D eigenvalue weighted by molar-refractivity contribution is 5.30. The summed E-state index contributed by atoms with van der Waals surface area (Å²) in [6, 6.07) is 1.85. The number of hydrogen-bond acceptors (Lipinski definition) is 5. The maximum absolute atomic E-state index is 5.53. The van der Waals surface area contributed by atoms with Crippen LogP contribution in [0.5, 0.6) is 5.88 Å².